The molecule has 31 heavy (non-hydrogen) atoms. The molecule has 0 aliphatic heterocycles. The minimum absolute atomic E-state index is 0.0102. The molecule has 1 atom stereocenters. The average molecular weight is 437 g/mol. The van der Waals surface area contributed by atoms with E-state index in [4.69, 9.17) is 4.74 Å². The summed E-state index contributed by atoms with van der Waals surface area (Å²) in [6.45, 7) is 7.53. The summed E-state index contributed by atoms with van der Waals surface area (Å²) in [4.78, 5) is 11.8. The van der Waals surface area contributed by atoms with Crippen LogP contribution in [-0.4, -0.2) is 12.6 Å². The summed E-state index contributed by atoms with van der Waals surface area (Å²) in [5.41, 5.74) is 0. The van der Waals surface area contributed by atoms with Gasteiger partial charge in [-0.2, -0.15) is 0 Å². The highest BCUT2D eigenvalue weighted by Gasteiger charge is 2.02. The molecule has 1 unspecified atom stereocenters. The number of carbonyl (C=O) groups excluding carboxylic acids is 1. The van der Waals surface area contributed by atoms with Crippen LogP contribution in [0.5, 0.6) is 0 Å². The molecule has 0 aliphatic carbocycles. The third-order valence-electron chi connectivity index (χ3n) is 6.44. The zero-order valence-electron chi connectivity index (χ0n) is 21.6. The van der Waals surface area contributed by atoms with E-state index >= 15 is 0 Å². The van der Waals surface area contributed by atoms with Crippen molar-refractivity contribution in [3.05, 3.63) is 12.2 Å². The Hall–Kier alpha value is -0.790. The van der Waals surface area contributed by atoms with Crippen LogP contribution in [-0.2, 0) is 9.53 Å². The predicted octanol–water partition coefficient (Wildman–Crippen LogP) is 9.95. The second-order valence-corrected chi connectivity index (χ2v) is 9.62. The third kappa shape index (κ3) is 25.3. The first-order valence-corrected chi connectivity index (χ1v) is 14.0. The van der Waals surface area contributed by atoms with E-state index in [0.29, 0.717) is 13.0 Å². The van der Waals surface area contributed by atoms with Gasteiger partial charge < -0.3 is 4.74 Å². The normalized spacial score (nSPS) is 12.5. The molecule has 0 heterocycles. The first kappa shape index (κ1) is 30.2. The topological polar surface area (TPSA) is 26.3 Å². The molecule has 0 fully saturated rings. The summed E-state index contributed by atoms with van der Waals surface area (Å²) in [6.07, 6.45) is 30.9. The fraction of sp³-hybridized carbons (Fsp3) is 0.897. The van der Waals surface area contributed by atoms with Gasteiger partial charge in [-0.1, -0.05) is 123 Å². The molecule has 0 aliphatic rings. The molecule has 0 saturated heterocycles. The van der Waals surface area contributed by atoms with Gasteiger partial charge in [0.2, 0.25) is 0 Å². The minimum atomic E-state index is 0.0102. The van der Waals surface area contributed by atoms with Crippen molar-refractivity contribution >= 4 is 5.97 Å². The van der Waals surface area contributed by atoms with E-state index in [0.717, 1.165) is 25.2 Å². The zero-order chi connectivity index (χ0) is 22.8. The van der Waals surface area contributed by atoms with Crippen LogP contribution >= 0.6 is 0 Å². The summed E-state index contributed by atoms with van der Waals surface area (Å²) in [5.74, 6) is 0.905. The zero-order valence-corrected chi connectivity index (χ0v) is 21.6. The van der Waals surface area contributed by atoms with E-state index in [1.54, 1.807) is 0 Å². The van der Waals surface area contributed by atoms with Gasteiger partial charge in [-0.05, 0) is 44.4 Å². The highest BCUT2D eigenvalue weighted by Crippen LogP contribution is 2.14. The first-order chi connectivity index (χ1) is 15.2. The van der Waals surface area contributed by atoms with Gasteiger partial charge >= 0.3 is 5.97 Å². The lowest BCUT2D eigenvalue weighted by atomic mass is 10.00. The number of rotatable bonds is 24. The lowest BCUT2D eigenvalue weighted by molar-refractivity contribution is -0.143. The van der Waals surface area contributed by atoms with Crippen molar-refractivity contribution in [2.24, 2.45) is 5.92 Å². The van der Waals surface area contributed by atoms with E-state index in [-0.39, 0.29) is 5.97 Å². The molecule has 0 saturated carbocycles. The van der Waals surface area contributed by atoms with Gasteiger partial charge in [-0.25, -0.2) is 0 Å². The van der Waals surface area contributed by atoms with Crippen molar-refractivity contribution in [1.82, 2.24) is 0 Å². The van der Waals surface area contributed by atoms with E-state index in [9.17, 15) is 4.79 Å². The minimum Gasteiger partial charge on any atom is -0.466 e. The Bertz CT molecular complexity index is 388. The Balaban J connectivity index is 3.22. The van der Waals surface area contributed by atoms with Gasteiger partial charge in [-0.15, -0.1) is 0 Å². The third-order valence-corrected chi connectivity index (χ3v) is 6.44. The smallest absolute Gasteiger partial charge is 0.305 e. The van der Waals surface area contributed by atoms with E-state index in [2.05, 4.69) is 32.9 Å². The van der Waals surface area contributed by atoms with Crippen molar-refractivity contribution in [2.75, 3.05) is 6.61 Å². The van der Waals surface area contributed by atoms with Crippen LogP contribution in [0.3, 0.4) is 0 Å². The van der Waals surface area contributed by atoms with E-state index in [1.165, 1.54) is 109 Å². The average Bonchev–Trinajstić information content (AvgIpc) is 2.77. The fourth-order valence-corrected chi connectivity index (χ4v) is 3.93. The van der Waals surface area contributed by atoms with E-state index < -0.39 is 0 Å². The summed E-state index contributed by atoms with van der Waals surface area (Å²) >= 11 is 0. The number of unbranched alkanes of at least 4 members (excludes halogenated alkanes) is 15. The molecule has 0 bridgehead atoms. The molecule has 0 aromatic rings. The van der Waals surface area contributed by atoms with Crippen LogP contribution in [0.2, 0.25) is 0 Å². The maximum absolute atomic E-state index is 11.8. The Morgan fingerprint density at radius 2 is 1.19 bits per heavy atom. The first-order valence-electron chi connectivity index (χ1n) is 14.0. The SMILES string of the molecule is CCCCCC/C=C\CCCCCCCC(=O)OCCCCCCCCCC(C)CC. The van der Waals surface area contributed by atoms with Crippen LogP contribution in [0, 0.1) is 5.92 Å². The van der Waals surface area contributed by atoms with Gasteiger partial charge in [0.05, 0.1) is 6.61 Å². The fourth-order valence-electron chi connectivity index (χ4n) is 3.93. The van der Waals surface area contributed by atoms with E-state index in [1.807, 2.05) is 0 Å². The maximum Gasteiger partial charge on any atom is 0.305 e. The van der Waals surface area contributed by atoms with Crippen molar-refractivity contribution in [2.45, 2.75) is 156 Å². The molecule has 0 rings (SSSR count). The molecule has 0 spiro atoms. The monoisotopic (exact) mass is 436 g/mol. The van der Waals surface area contributed by atoms with Crippen LogP contribution in [0.1, 0.15) is 156 Å². The van der Waals surface area contributed by atoms with Crippen LogP contribution in [0.4, 0.5) is 0 Å². The predicted molar refractivity (Wildman–Crippen MR) is 138 cm³/mol. The highest BCUT2D eigenvalue weighted by molar-refractivity contribution is 5.69. The Morgan fingerprint density at radius 1 is 0.677 bits per heavy atom. The second kappa shape index (κ2) is 25.5. The number of allylic oxidation sites excluding steroid dienone is 2. The van der Waals surface area contributed by atoms with Crippen molar-refractivity contribution < 1.29 is 9.53 Å². The van der Waals surface area contributed by atoms with Crippen molar-refractivity contribution in [1.29, 1.82) is 0 Å². The summed E-state index contributed by atoms with van der Waals surface area (Å²) in [6, 6.07) is 0. The molecule has 0 radical (unpaired) electrons. The van der Waals surface area contributed by atoms with Gasteiger partial charge in [0.15, 0.2) is 0 Å². The Labute approximate surface area is 196 Å². The number of ether oxygens (including phenoxy) is 1. The Kier molecular flexibility index (Phi) is 24.8. The van der Waals surface area contributed by atoms with Gasteiger partial charge in [-0.3, -0.25) is 4.79 Å². The molecule has 2 heteroatoms. The summed E-state index contributed by atoms with van der Waals surface area (Å²) in [5, 5.41) is 0. The maximum atomic E-state index is 11.8. The summed E-state index contributed by atoms with van der Waals surface area (Å²) in [7, 11) is 0. The lowest BCUT2D eigenvalue weighted by Gasteiger charge is -2.07. The number of hydrogen-bond donors (Lipinski definition) is 0. The highest BCUT2D eigenvalue weighted by atomic mass is 16.5. The molecule has 184 valence electrons. The number of esters is 1. The van der Waals surface area contributed by atoms with Crippen LogP contribution in [0.25, 0.3) is 0 Å². The largest absolute Gasteiger partial charge is 0.466 e. The quantitative estimate of drug-likeness (QED) is 0.0854. The van der Waals surface area contributed by atoms with Crippen LogP contribution in [0.15, 0.2) is 12.2 Å². The molecule has 0 amide bonds. The van der Waals surface area contributed by atoms with Crippen molar-refractivity contribution in [3.8, 4) is 0 Å². The number of hydrogen-bond acceptors (Lipinski definition) is 2. The van der Waals surface area contributed by atoms with Gasteiger partial charge in [0, 0.05) is 6.42 Å². The van der Waals surface area contributed by atoms with Crippen LogP contribution < -0.4 is 0 Å². The Morgan fingerprint density at radius 3 is 1.81 bits per heavy atom. The standard InChI is InChI=1S/C29H56O2/c1-4-6-7-8-9-10-11-12-13-14-17-20-23-26-29(30)31-27-24-21-18-15-16-19-22-25-28(3)5-2/h10-11,28H,4-9,12-27H2,1-3H3/b11-10-. The summed E-state index contributed by atoms with van der Waals surface area (Å²) < 4.78 is 5.38. The molecule has 2 nitrogen and oxygen atoms in total. The molecular formula is C29H56O2. The second-order valence-electron chi connectivity index (χ2n) is 9.62. The van der Waals surface area contributed by atoms with Gasteiger partial charge in [0.25, 0.3) is 0 Å². The number of carbonyl (C=O) groups is 1. The lowest BCUT2D eigenvalue weighted by Crippen LogP contribution is -2.05. The molecular weight excluding hydrogens is 380 g/mol. The molecule has 0 aromatic carbocycles. The van der Waals surface area contributed by atoms with Gasteiger partial charge in [0.1, 0.15) is 0 Å². The molecule has 0 N–H and O–H groups in total. The van der Waals surface area contributed by atoms with Crippen molar-refractivity contribution in [3.63, 3.8) is 0 Å². The molecule has 0 aromatic heterocycles.